The summed E-state index contributed by atoms with van der Waals surface area (Å²) in [5, 5.41) is 12.6. The lowest BCUT2D eigenvalue weighted by molar-refractivity contribution is -0.137. The molecule has 0 bridgehead atoms. The summed E-state index contributed by atoms with van der Waals surface area (Å²) < 4.78 is 0. The van der Waals surface area contributed by atoms with Crippen LogP contribution in [0.4, 0.5) is 0 Å². The summed E-state index contributed by atoms with van der Waals surface area (Å²) in [5.74, 6) is -0.477. The minimum absolute atomic E-state index is 0.233. The summed E-state index contributed by atoms with van der Waals surface area (Å²) in [5.41, 5.74) is 1.24. The van der Waals surface area contributed by atoms with Crippen molar-refractivity contribution < 1.29 is 9.90 Å². The Morgan fingerprint density at radius 2 is 2.50 bits per heavy atom. The second kappa shape index (κ2) is 4.26. The number of thiophene rings is 1. The number of carbonyl (C=O) groups is 1. The smallest absolute Gasteiger partial charge is 0.303 e. The molecule has 1 aromatic rings. The van der Waals surface area contributed by atoms with Gasteiger partial charge in [-0.15, -0.1) is 0 Å². The molecule has 1 unspecified atom stereocenters. The quantitative estimate of drug-likeness (QED) is 0.780. The van der Waals surface area contributed by atoms with E-state index in [1.165, 1.54) is 5.56 Å². The van der Waals surface area contributed by atoms with Crippen LogP contribution in [0, 0.1) is 5.92 Å². The lowest BCUT2D eigenvalue weighted by atomic mass is 10.0. The largest absolute Gasteiger partial charge is 0.481 e. The minimum atomic E-state index is -0.710. The molecule has 0 amide bonds. The lowest BCUT2D eigenvalue weighted by Gasteiger charge is -2.05. The molecule has 12 heavy (non-hydrogen) atoms. The van der Waals surface area contributed by atoms with Gasteiger partial charge in [-0.3, -0.25) is 4.79 Å². The van der Waals surface area contributed by atoms with Gasteiger partial charge in [-0.2, -0.15) is 11.3 Å². The fourth-order valence-electron chi connectivity index (χ4n) is 1.18. The second-order valence-electron chi connectivity index (χ2n) is 3.04. The molecule has 0 radical (unpaired) electrons. The van der Waals surface area contributed by atoms with Gasteiger partial charge in [0.2, 0.25) is 0 Å². The van der Waals surface area contributed by atoms with Crippen LogP contribution in [0.5, 0.6) is 0 Å². The topological polar surface area (TPSA) is 37.3 Å². The zero-order chi connectivity index (χ0) is 8.97. The van der Waals surface area contributed by atoms with Gasteiger partial charge < -0.3 is 5.11 Å². The third-order valence-corrected chi connectivity index (χ3v) is 2.42. The van der Waals surface area contributed by atoms with Crippen LogP contribution >= 0.6 is 11.3 Å². The summed E-state index contributed by atoms with van der Waals surface area (Å²) in [6.45, 7) is 1.96. The Hall–Kier alpha value is -0.830. The number of carboxylic acids is 1. The highest BCUT2D eigenvalue weighted by atomic mass is 32.1. The first kappa shape index (κ1) is 9.26. The zero-order valence-corrected chi connectivity index (χ0v) is 7.80. The molecule has 1 N–H and O–H groups in total. The first-order chi connectivity index (χ1) is 5.68. The van der Waals surface area contributed by atoms with Crippen LogP contribution in [0.3, 0.4) is 0 Å². The molecular formula is C9H12O2S. The third-order valence-electron chi connectivity index (χ3n) is 1.69. The van der Waals surface area contributed by atoms with Crippen LogP contribution in [0.25, 0.3) is 0 Å². The third kappa shape index (κ3) is 3.05. The first-order valence-corrected chi connectivity index (χ1v) is 4.85. The van der Waals surface area contributed by atoms with Crippen molar-refractivity contribution in [3.05, 3.63) is 22.4 Å². The van der Waals surface area contributed by atoms with E-state index in [9.17, 15) is 4.79 Å². The van der Waals surface area contributed by atoms with Crippen molar-refractivity contribution in [1.29, 1.82) is 0 Å². The standard InChI is InChI=1S/C9H12O2S/c1-7(5-9(10)11)4-8-2-3-12-6-8/h2-3,6-7H,4-5H2,1H3,(H,10,11). The molecule has 0 fully saturated rings. The molecule has 0 aliphatic carbocycles. The summed E-state index contributed by atoms with van der Waals surface area (Å²) in [6, 6.07) is 2.04. The molecule has 1 heterocycles. The molecule has 0 spiro atoms. The molecule has 66 valence electrons. The fourth-order valence-corrected chi connectivity index (χ4v) is 1.86. The van der Waals surface area contributed by atoms with E-state index in [1.807, 2.05) is 18.4 Å². The van der Waals surface area contributed by atoms with Gasteiger partial charge >= 0.3 is 5.97 Å². The van der Waals surface area contributed by atoms with Crippen molar-refractivity contribution >= 4 is 17.3 Å². The van der Waals surface area contributed by atoms with Crippen LogP contribution in [0.2, 0.25) is 0 Å². The predicted molar refractivity (Wildman–Crippen MR) is 49.4 cm³/mol. The Morgan fingerprint density at radius 1 is 1.75 bits per heavy atom. The molecule has 0 aliphatic heterocycles. The van der Waals surface area contributed by atoms with Gasteiger partial charge in [-0.25, -0.2) is 0 Å². The SMILES string of the molecule is CC(CC(=O)O)Cc1ccsc1. The predicted octanol–water partition coefficient (Wildman–Crippen LogP) is 2.40. The van der Waals surface area contributed by atoms with Crippen LogP contribution in [0.15, 0.2) is 16.8 Å². The number of hydrogen-bond acceptors (Lipinski definition) is 2. The normalized spacial score (nSPS) is 12.8. The summed E-state index contributed by atoms with van der Waals surface area (Å²) in [4.78, 5) is 10.3. The van der Waals surface area contributed by atoms with Gasteiger partial charge in [0.25, 0.3) is 0 Å². The van der Waals surface area contributed by atoms with Crippen LogP contribution in [-0.2, 0) is 11.2 Å². The molecule has 0 saturated heterocycles. The molecule has 3 heteroatoms. The fraction of sp³-hybridized carbons (Fsp3) is 0.444. The number of carboxylic acid groups (broad SMARTS) is 1. The van der Waals surface area contributed by atoms with Gasteiger partial charge in [-0.1, -0.05) is 6.92 Å². The summed E-state index contributed by atoms with van der Waals surface area (Å²) in [6.07, 6.45) is 1.13. The molecule has 1 atom stereocenters. The molecule has 1 rings (SSSR count). The van der Waals surface area contributed by atoms with E-state index in [0.717, 1.165) is 6.42 Å². The monoisotopic (exact) mass is 184 g/mol. The van der Waals surface area contributed by atoms with Gasteiger partial charge in [0.05, 0.1) is 0 Å². The van der Waals surface area contributed by atoms with Crippen LogP contribution < -0.4 is 0 Å². The minimum Gasteiger partial charge on any atom is -0.481 e. The Balaban J connectivity index is 2.36. The Bertz CT molecular complexity index is 241. The van der Waals surface area contributed by atoms with Crippen molar-refractivity contribution in [2.24, 2.45) is 5.92 Å². The van der Waals surface area contributed by atoms with Gasteiger partial charge in [-0.05, 0) is 34.7 Å². The highest BCUT2D eigenvalue weighted by Crippen LogP contribution is 2.14. The molecule has 0 saturated carbocycles. The number of hydrogen-bond donors (Lipinski definition) is 1. The molecular weight excluding hydrogens is 172 g/mol. The van der Waals surface area contributed by atoms with Crippen molar-refractivity contribution in [3.8, 4) is 0 Å². The lowest BCUT2D eigenvalue weighted by Crippen LogP contribution is -2.06. The molecule has 0 aromatic carbocycles. The second-order valence-corrected chi connectivity index (χ2v) is 3.82. The maximum atomic E-state index is 10.3. The van der Waals surface area contributed by atoms with Gasteiger partial charge in [0.15, 0.2) is 0 Å². The van der Waals surface area contributed by atoms with Crippen LogP contribution in [0.1, 0.15) is 18.9 Å². The summed E-state index contributed by atoms with van der Waals surface area (Å²) >= 11 is 1.65. The number of aliphatic carboxylic acids is 1. The van der Waals surface area contributed by atoms with E-state index < -0.39 is 5.97 Å². The van der Waals surface area contributed by atoms with Crippen molar-refractivity contribution in [2.75, 3.05) is 0 Å². The van der Waals surface area contributed by atoms with Crippen molar-refractivity contribution in [2.45, 2.75) is 19.8 Å². The Morgan fingerprint density at radius 3 is 3.00 bits per heavy atom. The number of rotatable bonds is 4. The van der Waals surface area contributed by atoms with Crippen LogP contribution in [-0.4, -0.2) is 11.1 Å². The van der Waals surface area contributed by atoms with E-state index in [-0.39, 0.29) is 12.3 Å². The van der Waals surface area contributed by atoms with Gasteiger partial charge in [0.1, 0.15) is 0 Å². The first-order valence-electron chi connectivity index (χ1n) is 3.91. The van der Waals surface area contributed by atoms with E-state index >= 15 is 0 Å². The Labute approximate surface area is 75.9 Å². The van der Waals surface area contributed by atoms with Crippen molar-refractivity contribution in [1.82, 2.24) is 0 Å². The highest BCUT2D eigenvalue weighted by molar-refractivity contribution is 7.07. The molecule has 2 nitrogen and oxygen atoms in total. The average molecular weight is 184 g/mol. The Kier molecular flexibility index (Phi) is 3.29. The zero-order valence-electron chi connectivity index (χ0n) is 6.99. The van der Waals surface area contributed by atoms with E-state index in [0.29, 0.717) is 0 Å². The maximum Gasteiger partial charge on any atom is 0.303 e. The highest BCUT2D eigenvalue weighted by Gasteiger charge is 2.08. The van der Waals surface area contributed by atoms with E-state index in [1.54, 1.807) is 11.3 Å². The molecule has 1 aromatic heterocycles. The van der Waals surface area contributed by atoms with E-state index in [4.69, 9.17) is 5.11 Å². The molecule has 0 aliphatic rings. The van der Waals surface area contributed by atoms with E-state index in [2.05, 4.69) is 5.38 Å². The average Bonchev–Trinajstić information content (AvgIpc) is 2.37. The summed E-state index contributed by atoms with van der Waals surface area (Å²) in [7, 11) is 0. The van der Waals surface area contributed by atoms with Gasteiger partial charge in [0, 0.05) is 6.42 Å². The maximum absolute atomic E-state index is 10.3. The van der Waals surface area contributed by atoms with Crippen molar-refractivity contribution in [3.63, 3.8) is 0 Å².